The smallest absolute Gasteiger partial charge is 0.264 e. The van der Waals surface area contributed by atoms with E-state index in [1.54, 1.807) is 24.0 Å². The number of rotatable bonds is 6. The summed E-state index contributed by atoms with van der Waals surface area (Å²) in [5.41, 5.74) is 1.84. The van der Waals surface area contributed by atoms with Gasteiger partial charge in [-0.05, 0) is 26.5 Å². The van der Waals surface area contributed by atoms with E-state index in [1.807, 2.05) is 24.9 Å². The number of aryl methyl sites for hydroxylation is 1. The van der Waals surface area contributed by atoms with Crippen LogP contribution in [0.3, 0.4) is 0 Å². The molecule has 0 spiro atoms. The lowest BCUT2D eigenvalue weighted by atomic mass is 10.2. The van der Waals surface area contributed by atoms with Crippen molar-refractivity contribution in [3.63, 3.8) is 0 Å². The van der Waals surface area contributed by atoms with Crippen LogP contribution in [-0.2, 0) is 18.4 Å². The molecule has 4 heterocycles. The molecule has 1 saturated heterocycles. The summed E-state index contributed by atoms with van der Waals surface area (Å²) < 4.78 is 3.09. The van der Waals surface area contributed by atoms with Gasteiger partial charge < -0.3 is 19.7 Å². The lowest BCUT2D eigenvalue weighted by molar-refractivity contribution is -0.133. The minimum absolute atomic E-state index is 0.0641. The number of nitrogens with one attached hydrogen (secondary N) is 1. The van der Waals surface area contributed by atoms with Crippen molar-refractivity contribution in [3.8, 4) is 11.3 Å². The Labute approximate surface area is 186 Å². The molecule has 0 aliphatic carbocycles. The fourth-order valence-electron chi connectivity index (χ4n) is 3.88. The van der Waals surface area contributed by atoms with Crippen LogP contribution in [0.2, 0.25) is 0 Å². The molecule has 32 heavy (non-hydrogen) atoms. The highest BCUT2D eigenvalue weighted by Gasteiger charge is 2.21. The number of carbonyl (C=O) groups is 1. The van der Waals surface area contributed by atoms with E-state index in [1.165, 1.54) is 10.9 Å². The molecule has 1 aliphatic heterocycles. The number of anilines is 1. The van der Waals surface area contributed by atoms with Gasteiger partial charge in [0.05, 0.1) is 23.7 Å². The first kappa shape index (κ1) is 21.9. The molecule has 1 N–H and O–H groups in total. The molecule has 0 unspecified atom stereocenters. The largest absolute Gasteiger partial charge is 0.367 e. The van der Waals surface area contributed by atoms with E-state index in [0.29, 0.717) is 22.4 Å². The Kier molecular flexibility index (Phi) is 6.22. The second-order valence-corrected chi connectivity index (χ2v) is 8.45. The second-order valence-electron chi connectivity index (χ2n) is 8.45. The van der Waals surface area contributed by atoms with Crippen LogP contribution in [0.1, 0.15) is 20.8 Å². The van der Waals surface area contributed by atoms with Crippen LogP contribution in [-0.4, -0.2) is 78.8 Å². The number of nitrogens with zero attached hydrogens (tertiary/aromatic N) is 7. The fourth-order valence-corrected chi connectivity index (χ4v) is 3.88. The highest BCUT2D eigenvalue weighted by atomic mass is 16.2. The standard InChI is InChI=1S/C22H30N8O2/c1-5-28-6-8-29(9-7-28)19(31)13-30-12-16(11-24-30)17-10-18-20(21(26-17)25-15(2)3)22(32)27(4)14-23-18/h10-12,14-15H,5-9,13H2,1-4H3,(H,25,26). The van der Waals surface area contributed by atoms with Gasteiger partial charge in [-0.2, -0.15) is 5.10 Å². The average molecular weight is 439 g/mol. The van der Waals surface area contributed by atoms with Crippen LogP contribution >= 0.6 is 0 Å². The molecule has 0 saturated carbocycles. The lowest BCUT2D eigenvalue weighted by Gasteiger charge is -2.34. The molecular formula is C22H30N8O2. The molecule has 0 radical (unpaired) electrons. The third-order valence-electron chi connectivity index (χ3n) is 5.73. The Bertz CT molecular complexity index is 1170. The summed E-state index contributed by atoms with van der Waals surface area (Å²) in [6.07, 6.45) is 5.01. The molecule has 1 aliphatic rings. The molecular weight excluding hydrogens is 408 g/mol. The second kappa shape index (κ2) is 9.07. The zero-order valence-corrected chi connectivity index (χ0v) is 19.1. The highest BCUT2D eigenvalue weighted by Crippen LogP contribution is 2.25. The first-order valence-electron chi connectivity index (χ1n) is 11.0. The van der Waals surface area contributed by atoms with Gasteiger partial charge in [0.1, 0.15) is 17.7 Å². The van der Waals surface area contributed by atoms with E-state index < -0.39 is 0 Å². The highest BCUT2D eigenvalue weighted by molar-refractivity contribution is 5.91. The Morgan fingerprint density at radius 1 is 1.22 bits per heavy atom. The summed E-state index contributed by atoms with van der Waals surface area (Å²) in [5.74, 6) is 0.563. The number of aromatic nitrogens is 5. The van der Waals surface area contributed by atoms with Crippen molar-refractivity contribution in [3.05, 3.63) is 35.1 Å². The van der Waals surface area contributed by atoms with Crippen molar-refractivity contribution < 1.29 is 4.79 Å². The van der Waals surface area contributed by atoms with Crippen LogP contribution in [0.4, 0.5) is 5.82 Å². The Hall–Kier alpha value is -3.27. The molecule has 10 nitrogen and oxygen atoms in total. The third-order valence-corrected chi connectivity index (χ3v) is 5.73. The molecule has 3 aromatic rings. The van der Waals surface area contributed by atoms with E-state index in [4.69, 9.17) is 4.98 Å². The number of amides is 1. The predicted octanol–water partition coefficient (Wildman–Crippen LogP) is 1.18. The van der Waals surface area contributed by atoms with Crippen molar-refractivity contribution in [2.45, 2.75) is 33.4 Å². The Balaban J connectivity index is 1.58. The number of piperazine rings is 1. The van der Waals surface area contributed by atoms with Crippen LogP contribution in [0.5, 0.6) is 0 Å². The maximum atomic E-state index is 12.7. The first-order valence-corrected chi connectivity index (χ1v) is 11.0. The number of hydrogen-bond donors (Lipinski definition) is 1. The van der Waals surface area contributed by atoms with E-state index in [-0.39, 0.29) is 24.1 Å². The van der Waals surface area contributed by atoms with E-state index in [9.17, 15) is 9.59 Å². The molecule has 170 valence electrons. The quantitative estimate of drug-likeness (QED) is 0.617. The van der Waals surface area contributed by atoms with Gasteiger partial charge in [0.2, 0.25) is 5.91 Å². The van der Waals surface area contributed by atoms with Gasteiger partial charge in [0, 0.05) is 51.0 Å². The van der Waals surface area contributed by atoms with Crippen LogP contribution < -0.4 is 10.9 Å². The summed E-state index contributed by atoms with van der Waals surface area (Å²) >= 11 is 0. The first-order chi connectivity index (χ1) is 15.4. The minimum atomic E-state index is -0.151. The van der Waals surface area contributed by atoms with Crippen LogP contribution in [0.15, 0.2) is 29.6 Å². The van der Waals surface area contributed by atoms with E-state index >= 15 is 0 Å². The summed E-state index contributed by atoms with van der Waals surface area (Å²) in [6.45, 7) is 10.6. The van der Waals surface area contributed by atoms with Gasteiger partial charge >= 0.3 is 0 Å². The van der Waals surface area contributed by atoms with Gasteiger partial charge in [-0.25, -0.2) is 9.97 Å². The van der Waals surface area contributed by atoms with Gasteiger partial charge in [0.15, 0.2) is 0 Å². The summed E-state index contributed by atoms with van der Waals surface area (Å²) in [5, 5.41) is 8.09. The van der Waals surface area contributed by atoms with Crippen molar-refractivity contribution in [1.82, 2.24) is 34.1 Å². The monoisotopic (exact) mass is 438 g/mol. The number of fused-ring (bicyclic) bond motifs is 1. The van der Waals surface area contributed by atoms with Gasteiger partial charge in [0.25, 0.3) is 5.56 Å². The maximum Gasteiger partial charge on any atom is 0.264 e. The Morgan fingerprint density at radius 2 is 1.97 bits per heavy atom. The molecule has 1 amide bonds. The molecule has 0 aromatic carbocycles. The summed E-state index contributed by atoms with van der Waals surface area (Å²) in [6, 6.07) is 1.88. The normalized spacial score (nSPS) is 15.0. The minimum Gasteiger partial charge on any atom is -0.367 e. The number of hydrogen-bond acceptors (Lipinski definition) is 7. The molecule has 10 heteroatoms. The van der Waals surface area contributed by atoms with Crippen molar-refractivity contribution in [2.24, 2.45) is 7.05 Å². The average Bonchev–Trinajstić information content (AvgIpc) is 3.24. The topological polar surface area (TPSA) is 101 Å². The fraction of sp³-hybridized carbons (Fsp3) is 0.500. The van der Waals surface area contributed by atoms with Gasteiger partial charge in [-0.1, -0.05) is 6.92 Å². The van der Waals surface area contributed by atoms with Crippen LogP contribution in [0.25, 0.3) is 22.2 Å². The number of carbonyl (C=O) groups excluding carboxylic acids is 1. The maximum absolute atomic E-state index is 12.7. The van der Waals surface area contributed by atoms with Crippen LogP contribution in [0, 0.1) is 0 Å². The zero-order chi connectivity index (χ0) is 22.8. The molecule has 0 bridgehead atoms. The molecule has 0 atom stereocenters. The molecule has 4 rings (SSSR count). The predicted molar refractivity (Wildman–Crippen MR) is 123 cm³/mol. The number of likely N-dealkylation sites (N-methyl/N-ethyl adjacent to an activating group) is 1. The lowest BCUT2D eigenvalue weighted by Crippen LogP contribution is -2.49. The summed E-state index contributed by atoms with van der Waals surface area (Å²) in [4.78, 5) is 38.7. The third kappa shape index (κ3) is 4.50. The van der Waals surface area contributed by atoms with E-state index in [2.05, 4.69) is 27.2 Å². The zero-order valence-electron chi connectivity index (χ0n) is 19.1. The van der Waals surface area contributed by atoms with Gasteiger partial charge in [-0.15, -0.1) is 0 Å². The van der Waals surface area contributed by atoms with Gasteiger partial charge in [-0.3, -0.25) is 14.3 Å². The van der Waals surface area contributed by atoms with Crippen molar-refractivity contribution in [2.75, 3.05) is 38.0 Å². The molecule has 1 fully saturated rings. The summed E-state index contributed by atoms with van der Waals surface area (Å²) in [7, 11) is 1.67. The Morgan fingerprint density at radius 3 is 2.66 bits per heavy atom. The molecule has 3 aromatic heterocycles. The van der Waals surface area contributed by atoms with Crippen molar-refractivity contribution >= 4 is 22.6 Å². The van der Waals surface area contributed by atoms with Crippen molar-refractivity contribution in [1.29, 1.82) is 0 Å². The van der Waals surface area contributed by atoms with E-state index in [0.717, 1.165) is 38.3 Å². The SMILES string of the molecule is CCN1CCN(C(=O)Cn2cc(-c3cc4ncn(C)c(=O)c4c(NC(C)C)n3)cn2)CC1. The number of pyridine rings is 1.